The van der Waals surface area contributed by atoms with Crippen LogP contribution in [0.5, 0.6) is 0 Å². The van der Waals surface area contributed by atoms with Gasteiger partial charge in [-0.15, -0.1) is 0 Å². The van der Waals surface area contributed by atoms with Crippen LogP contribution in [0.2, 0.25) is 0 Å². The van der Waals surface area contributed by atoms with E-state index in [1.165, 1.54) is 17.4 Å². The predicted molar refractivity (Wildman–Crippen MR) is 140 cm³/mol. The van der Waals surface area contributed by atoms with Gasteiger partial charge in [-0.25, -0.2) is 9.37 Å². The molecule has 0 radical (unpaired) electrons. The van der Waals surface area contributed by atoms with Crippen molar-refractivity contribution in [1.82, 2.24) is 19.3 Å². The van der Waals surface area contributed by atoms with Gasteiger partial charge < -0.3 is 14.2 Å². The van der Waals surface area contributed by atoms with Crippen LogP contribution in [0, 0.1) is 12.7 Å². The van der Waals surface area contributed by atoms with Crippen molar-refractivity contribution in [2.45, 2.75) is 45.0 Å². The number of morpholine rings is 1. The molecule has 2 fully saturated rings. The maximum atomic E-state index is 14.9. The Morgan fingerprint density at radius 1 is 1.10 bits per heavy atom. The number of hydrogen-bond donors (Lipinski definition) is 0. The average Bonchev–Trinajstić information content (AvgIpc) is 3.60. The van der Waals surface area contributed by atoms with Crippen molar-refractivity contribution >= 4 is 16.6 Å². The standard InChI is InChI=1S/C22H21F4N3O2.C6H8N2/c1-12-8-16-17(21(30)28(12)3)10-19(29-6-7-31-13(2)11-29)27-20(16)15-5-4-14(9-18(15)23)22(24,25)26;1-4-7-8(5-1)6-2-3-6/h4-5,8-10,13H,6-7,11H2,1-3H3;1,4-6H,2-3H2. The minimum Gasteiger partial charge on any atom is -0.375 e. The van der Waals surface area contributed by atoms with E-state index in [1.54, 1.807) is 26.1 Å². The number of hydrogen-bond acceptors (Lipinski definition) is 5. The normalized spacial score (nSPS) is 17.7. The molecule has 1 atom stereocenters. The summed E-state index contributed by atoms with van der Waals surface area (Å²) in [5, 5.41) is 4.81. The average molecular weight is 544 g/mol. The number of alkyl halides is 3. The zero-order valence-electron chi connectivity index (χ0n) is 21.9. The van der Waals surface area contributed by atoms with Gasteiger partial charge in [-0.1, -0.05) is 0 Å². The van der Waals surface area contributed by atoms with Gasteiger partial charge in [0.2, 0.25) is 0 Å². The first-order valence-corrected chi connectivity index (χ1v) is 12.8. The van der Waals surface area contributed by atoms with Gasteiger partial charge in [-0.05, 0) is 63.1 Å². The quantitative estimate of drug-likeness (QED) is 0.319. The maximum absolute atomic E-state index is 14.9. The molecule has 6 rings (SSSR count). The summed E-state index contributed by atoms with van der Waals surface area (Å²) in [5.74, 6) is -0.590. The molecule has 0 bridgehead atoms. The Hall–Kier alpha value is -3.73. The summed E-state index contributed by atoms with van der Waals surface area (Å²) in [7, 11) is 1.63. The van der Waals surface area contributed by atoms with Crippen molar-refractivity contribution in [3.05, 3.63) is 76.2 Å². The Balaban J connectivity index is 0.000000325. The smallest absolute Gasteiger partial charge is 0.375 e. The Labute approximate surface area is 222 Å². The number of aryl methyl sites for hydroxylation is 1. The SMILES string of the molecule is Cc1cc2c(-c3ccc(C(F)(F)F)cc3F)nc(N3CCOC(C)C3)cc2c(=O)n1C.c1cnn(C2CC2)c1. The fraction of sp³-hybridized carbons (Fsp3) is 0.393. The molecule has 1 unspecified atom stereocenters. The third kappa shape index (κ3) is 5.68. The van der Waals surface area contributed by atoms with E-state index in [9.17, 15) is 22.4 Å². The van der Waals surface area contributed by atoms with Crippen molar-refractivity contribution < 1.29 is 22.3 Å². The molecule has 0 amide bonds. The van der Waals surface area contributed by atoms with Crippen LogP contribution in [-0.4, -0.2) is 45.1 Å². The molecule has 39 heavy (non-hydrogen) atoms. The first-order chi connectivity index (χ1) is 18.5. The number of fused-ring (bicyclic) bond motifs is 1. The summed E-state index contributed by atoms with van der Waals surface area (Å²) >= 11 is 0. The number of benzene rings is 1. The van der Waals surface area contributed by atoms with E-state index in [-0.39, 0.29) is 22.9 Å². The molecule has 4 heterocycles. The minimum absolute atomic E-state index is 0.0571. The van der Waals surface area contributed by atoms with Gasteiger partial charge in [0.1, 0.15) is 11.6 Å². The second-order valence-corrected chi connectivity index (χ2v) is 9.98. The summed E-state index contributed by atoms with van der Waals surface area (Å²) < 4.78 is 62.9. The molecule has 0 spiro atoms. The Morgan fingerprint density at radius 3 is 2.49 bits per heavy atom. The summed E-state index contributed by atoms with van der Waals surface area (Å²) in [4.78, 5) is 19.5. The van der Waals surface area contributed by atoms with Crippen molar-refractivity contribution in [2.75, 3.05) is 24.6 Å². The van der Waals surface area contributed by atoms with Gasteiger partial charge in [0.05, 0.1) is 35.4 Å². The molecule has 3 aromatic heterocycles. The van der Waals surface area contributed by atoms with Crippen molar-refractivity contribution in [2.24, 2.45) is 7.05 Å². The van der Waals surface area contributed by atoms with E-state index >= 15 is 0 Å². The Morgan fingerprint density at radius 2 is 1.87 bits per heavy atom. The number of halogens is 4. The predicted octanol–water partition coefficient (Wildman–Crippen LogP) is 5.51. The summed E-state index contributed by atoms with van der Waals surface area (Å²) in [6, 6.07) is 8.41. The molecule has 1 saturated heterocycles. The highest BCUT2D eigenvalue weighted by Crippen LogP contribution is 2.36. The number of anilines is 1. The van der Waals surface area contributed by atoms with Crippen LogP contribution in [0.3, 0.4) is 0 Å². The van der Waals surface area contributed by atoms with E-state index in [2.05, 4.69) is 10.1 Å². The van der Waals surface area contributed by atoms with Crippen LogP contribution >= 0.6 is 0 Å². The maximum Gasteiger partial charge on any atom is 0.416 e. The van der Waals surface area contributed by atoms with E-state index in [1.807, 2.05) is 35.0 Å². The fourth-order valence-corrected chi connectivity index (χ4v) is 4.62. The molecule has 4 aromatic rings. The third-order valence-electron chi connectivity index (χ3n) is 7.02. The zero-order chi connectivity index (χ0) is 27.9. The number of aromatic nitrogens is 4. The second kappa shape index (κ2) is 10.4. The van der Waals surface area contributed by atoms with E-state index in [0.29, 0.717) is 48.0 Å². The van der Waals surface area contributed by atoms with Crippen molar-refractivity contribution in [3.8, 4) is 11.3 Å². The molecule has 2 aliphatic rings. The lowest BCUT2D eigenvalue weighted by atomic mass is 10.0. The monoisotopic (exact) mass is 543 g/mol. The van der Waals surface area contributed by atoms with Gasteiger partial charge in [-0.3, -0.25) is 9.48 Å². The lowest BCUT2D eigenvalue weighted by Crippen LogP contribution is -2.41. The van der Waals surface area contributed by atoms with Crippen molar-refractivity contribution in [1.29, 1.82) is 0 Å². The first kappa shape index (κ1) is 26.9. The molecular formula is C28H29F4N5O2. The molecule has 11 heteroatoms. The fourth-order valence-electron chi connectivity index (χ4n) is 4.62. The Kier molecular flexibility index (Phi) is 7.19. The highest BCUT2D eigenvalue weighted by molar-refractivity contribution is 5.96. The lowest BCUT2D eigenvalue weighted by Gasteiger charge is -2.32. The van der Waals surface area contributed by atoms with E-state index in [0.717, 1.165) is 18.2 Å². The van der Waals surface area contributed by atoms with Crippen LogP contribution in [-0.2, 0) is 18.0 Å². The zero-order valence-corrected chi connectivity index (χ0v) is 21.9. The summed E-state index contributed by atoms with van der Waals surface area (Å²) in [6.07, 6.45) is 1.78. The van der Waals surface area contributed by atoms with Gasteiger partial charge in [0.25, 0.3) is 5.56 Å². The second-order valence-electron chi connectivity index (χ2n) is 9.98. The largest absolute Gasteiger partial charge is 0.416 e. The third-order valence-corrected chi connectivity index (χ3v) is 7.02. The number of rotatable bonds is 3. The van der Waals surface area contributed by atoms with Gasteiger partial charge >= 0.3 is 6.18 Å². The molecule has 7 nitrogen and oxygen atoms in total. The van der Waals surface area contributed by atoms with Crippen LogP contribution in [0.1, 0.15) is 37.1 Å². The highest BCUT2D eigenvalue weighted by atomic mass is 19.4. The molecule has 1 aromatic carbocycles. The van der Waals surface area contributed by atoms with Gasteiger partial charge in [0.15, 0.2) is 0 Å². The highest BCUT2D eigenvalue weighted by Gasteiger charge is 2.32. The van der Waals surface area contributed by atoms with Crippen LogP contribution in [0.4, 0.5) is 23.4 Å². The Bertz CT molecular complexity index is 1540. The van der Waals surface area contributed by atoms with Crippen LogP contribution in [0.15, 0.2) is 53.6 Å². The van der Waals surface area contributed by atoms with E-state index in [4.69, 9.17) is 4.74 Å². The molecule has 206 valence electrons. The number of nitrogens with zero attached hydrogens (tertiary/aromatic N) is 5. The minimum atomic E-state index is -4.66. The van der Waals surface area contributed by atoms with Gasteiger partial charge in [-0.2, -0.15) is 18.3 Å². The number of pyridine rings is 2. The van der Waals surface area contributed by atoms with E-state index < -0.39 is 17.6 Å². The summed E-state index contributed by atoms with van der Waals surface area (Å²) in [6.45, 7) is 5.16. The summed E-state index contributed by atoms with van der Waals surface area (Å²) in [5.41, 5.74) is -0.690. The lowest BCUT2D eigenvalue weighted by molar-refractivity contribution is -0.137. The molecule has 1 aliphatic carbocycles. The topological polar surface area (TPSA) is 65.2 Å². The molecular weight excluding hydrogens is 514 g/mol. The molecule has 1 saturated carbocycles. The first-order valence-electron chi connectivity index (χ1n) is 12.8. The van der Waals surface area contributed by atoms with Crippen LogP contribution in [0.25, 0.3) is 22.0 Å². The van der Waals surface area contributed by atoms with Gasteiger partial charge in [0, 0.05) is 49.2 Å². The number of ether oxygens (including phenoxy) is 1. The van der Waals surface area contributed by atoms with Crippen LogP contribution < -0.4 is 10.5 Å². The molecule has 1 aliphatic heterocycles. The van der Waals surface area contributed by atoms with Crippen molar-refractivity contribution in [3.63, 3.8) is 0 Å². The molecule has 0 N–H and O–H groups in total.